The summed E-state index contributed by atoms with van der Waals surface area (Å²) < 4.78 is 3.49. The first-order chi connectivity index (χ1) is 17.4. The van der Waals surface area contributed by atoms with Gasteiger partial charge >= 0.3 is 11.7 Å². The number of imidazole rings is 1. The number of aromatic nitrogens is 2. The lowest BCUT2D eigenvalue weighted by molar-refractivity contribution is 0.0697. The molecule has 0 radical (unpaired) electrons. The van der Waals surface area contributed by atoms with Gasteiger partial charge in [-0.1, -0.05) is 75.6 Å². The molecule has 1 aliphatic rings. The minimum absolute atomic E-state index is 0.110. The monoisotopic (exact) mass is 488 g/mol. The van der Waals surface area contributed by atoms with Gasteiger partial charge in [-0.2, -0.15) is 0 Å². The summed E-state index contributed by atoms with van der Waals surface area (Å²) in [5, 5.41) is 9.53. The summed E-state index contributed by atoms with van der Waals surface area (Å²) in [6, 6.07) is 14.6. The molecular formula is C30H36N2O4. The number of carbonyl (C=O) groups excluding carboxylic acids is 1. The Morgan fingerprint density at radius 1 is 1.03 bits per heavy atom. The van der Waals surface area contributed by atoms with Crippen LogP contribution in [0.15, 0.2) is 53.3 Å². The molecule has 1 fully saturated rings. The number of carbonyl (C=O) groups is 2. The number of carboxylic acid groups (broad SMARTS) is 1. The first-order valence-electron chi connectivity index (χ1n) is 13.1. The normalized spacial score (nSPS) is 14.3. The third-order valence-corrected chi connectivity index (χ3v) is 7.37. The zero-order valence-corrected chi connectivity index (χ0v) is 21.3. The van der Waals surface area contributed by atoms with Crippen molar-refractivity contribution in [1.82, 2.24) is 9.13 Å². The van der Waals surface area contributed by atoms with E-state index in [1.165, 1.54) is 19.3 Å². The average molecular weight is 489 g/mol. The molecular weight excluding hydrogens is 452 g/mol. The highest BCUT2D eigenvalue weighted by Crippen LogP contribution is 2.27. The number of hydrogen-bond acceptors (Lipinski definition) is 3. The number of carboxylic acids is 1. The smallest absolute Gasteiger partial charge is 0.336 e. The number of rotatable bonds is 10. The number of hydrogen-bond donors (Lipinski definition) is 1. The molecule has 0 atom stereocenters. The first kappa shape index (κ1) is 25.7. The van der Waals surface area contributed by atoms with Crippen molar-refractivity contribution in [2.75, 3.05) is 0 Å². The lowest BCUT2D eigenvalue weighted by atomic mass is 9.89. The van der Waals surface area contributed by atoms with Crippen molar-refractivity contribution in [3.63, 3.8) is 0 Å². The molecule has 1 N–H and O–H groups in total. The molecule has 6 nitrogen and oxygen atoms in total. The summed E-state index contributed by atoms with van der Waals surface area (Å²) in [6.45, 7) is 5.29. The van der Waals surface area contributed by atoms with Gasteiger partial charge in [0, 0.05) is 6.54 Å². The predicted octanol–water partition coefficient (Wildman–Crippen LogP) is 6.04. The Bertz CT molecular complexity index is 1260. The molecule has 36 heavy (non-hydrogen) atoms. The second-order valence-electron chi connectivity index (χ2n) is 10.4. The Labute approximate surface area is 212 Å². The van der Waals surface area contributed by atoms with E-state index in [9.17, 15) is 19.5 Å². The zero-order valence-electron chi connectivity index (χ0n) is 21.3. The number of nitrogens with zero attached hydrogens (tertiary/aromatic N) is 2. The van der Waals surface area contributed by atoms with E-state index in [4.69, 9.17) is 0 Å². The summed E-state index contributed by atoms with van der Waals surface area (Å²) in [6.07, 6.45) is 8.29. The Morgan fingerprint density at radius 2 is 1.72 bits per heavy atom. The summed E-state index contributed by atoms with van der Waals surface area (Å²) >= 11 is 0. The van der Waals surface area contributed by atoms with Crippen LogP contribution >= 0.6 is 0 Å². The van der Waals surface area contributed by atoms with Crippen LogP contribution in [0.1, 0.15) is 84.5 Å². The second-order valence-corrected chi connectivity index (χ2v) is 10.4. The SMILES string of the molecule is CC(C)CCc1c(C=O)n(CC2CCCCC2)c(=O)n1Cc1ccc(-c2ccccc2C(=O)O)cc1. The molecule has 4 rings (SSSR count). The van der Waals surface area contributed by atoms with E-state index in [0.29, 0.717) is 42.6 Å². The summed E-state index contributed by atoms with van der Waals surface area (Å²) in [7, 11) is 0. The van der Waals surface area contributed by atoms with Crippen LogP contribution in [0.4, 0.5) is 0 Å². The fourth-order valence-electron chi connectivity index (χ4n) is 5.34. The maximum Gasteiger partial charge on any atom is 0.336 e. The van der Waals surface area contributed by atoms with Gasteiger partial charge in [0.1, 0.15) is 5.69 Å². The molecule has 1 saturated carbocycles. The molecule has 0 amide bonds. The lowest BCUT2D eigenvalue weighted by Crippen LogP contribution is -2.29. The quantitative estimate of drug-likeness (QED) is 0.353. The standard InChI is InChI=1S/C30H36N2O4/c1-21(2)12-17-27-28(20-33)32(18-22-8-4-3-5-9-22)30(36)31(27)19-23-13-15-24(16-14-23)25-10-6-7-11-26(25)29(34)35/h6-7,10-11,13-16,20-22H,3-5,8-9,12,17-19H2,1-2H3,(H,34,35). The molecule has 1 heterocycles. The second kappa shape index (κ2) is 11.5. The molecule has 6 heteroatoms. The predicted molar refractivity (Wildman–Crippen MR) is 142 cm³/mol. The van der Waals surface area contributed by atoms with Gasteiger partial charge in [-0.05, 0) is 60.3 Å². The van der Waals surface area contributed by atoms with E-state index in [1.54, 1.807) is 27.3 Å². The summed E-state index contributed by atoms with van der Waals surface area (Å²) in [5.41, 5.74) is 3.90. The molecule has 0 aliphatic heterocycles. The lowest BCUT2D eigenvalue weighted by Gasteiger charge is -2.21. The summed E-state index contributed by atoms with van der Waals surface area (Å²) in [4.78, 5) is 37.4. The van der Waals surface area contributed by atoms with Crippen molar-refractivity contribution in [1.29, 1.82) is 0 Å². The summed E-state index contributed by atoms with van der Waals surface area (Å²) in [5.74, 6) is -0.0578. The topological polar surface area (TPSA) is 81.3 Å². The van der Waals surface area contributed by atoms with E-state index in [-0.39, 0.29) is 11.3 Å². The van der Waals surface area contributed by atoms with Gasteiger partial charge in [0.25, 0.3) is 0 Å². The van der Waals surface area contributed by atoms with Crippen LogP contribution in [0.2, 0.25) is 0 Å². The maximum atomic E-state index is 13.6. The van der Waals surface area contributed by atoms with E-state index in [1.807, 2.05) is 30.3 Å². The Hall–Kier alpha value is -3.41. The van der Waals surface area contributed by atoms with E-state index >= 15 is 0 Å². The molecule has 1 aliphatic carbocycles. The van der Waals surface area contributed by atoms with Gasteiger partial charge in [-0.3, -0.25) is 13.9 Å². The number of benzene rings is 2. The van der Waals surface area contributed by atoms with Gasteiger partial charge in [-0.15, -0.1) is 0 Å². The van der Waals surface area contributed by atoms with E-state index < -0.39 is 5.97 Å². The number of aromatic carboxylic acids is 1. The van der Waals surface area contributed by atoms with Crippen LogP contribution in [0.25, 0.3) is 11.1 Å². The molecule has 0 bridgehead atoms. The van der Waals surface area contributed by atoms with Crippen molar-refractivity contribution in [2.45, 2.75) is 71.9 Å². The fourth-order valence-corrected chi connectivity index (χ4v) is 5.34. The highest BCUT2D eigenvalue weighted by atomic mass is 16.4. The minimum Gasteiger partial charge on any atom is -0.478 e. The molecule has 0 spiro atoms. The van der Waals surface area contributed by atoms with E-state index in [0.717, 1.165) is 42.4 Å². The van der Waals surface area contributed by atoms with Gasteiger partial charge in [-0.25, -0.2) is 9.59 Å². The molecule has 0 saturated heterocycles. The molecule has 0 unspecified atom stereocenters. The molecule has 1 aromatic heterocycles. The zero-order chi connectivity index (χ0) is 25.7. The Balaban J connectivity index is 1.66. The minimum atomic E-state index is -0.961. The fraction of sp³-hybridized carbons (Fsp3) is 0.433. The first-order valence-corrected chi connectivity index (χ1v) is 13.1. The van der Waals surface area contributed by atoms with Crippen LogP contribution in [0, 0.1) is 11.8 Å². The molecule has 2 aromatic carbocycles. The van der Waals surface area contributed by atoms with Crippen LogP contribution in [-0.4, -0.2) is 26.5 Å². The highest BCUT2D eigenvalue weighted by molar-refractivity contribution is 5.96. The van der Waals surface area contributed by atoms with Crippen molar-refractivity contribution in [3.05, 3.63) is 81.5 Å². The Morgan fingerprint density at radius 3 is 2.36 bits per heavy atom. The van der Waals surface area contributed by atoms with Crippen molar-refractivity contribution < 1.29 is 14.7 Å². The van der Waals surface area contributed by atoms with Gasteiger partial charge in [0.15, 0.2) is 6.29 Å². The van der Waals surface area contributed by atoms with Gasteiger partial charge in [0.2, 0.25) is 0 Å². The van der Waals surface area contributed by atoms with Crippen molar-refractivity contribution in [3.8, 4) is 11.1 Å². The van der Waals surface area contributed by atoms with Crippen molar-refractivity contribution in [2.24, 2.45) is 11.8 Å². The maximum absolute atomic E-state index is 13.6. The van der Waals surface area contributed by atoms with Crippen LogP contribution in [0.3, 0.4) is 0 Å². The van der Waals surface area contributed by atoms with Gasteiger partial charge < -0.3 is 5.11 Å². The average Bonchev–Trinajstić information content (AvgIpc) is 3.13. The Kier molecular flexibility index (Phi) is 8.24. The molecule has 3 aromatic rings. The van der Waals surface area contributed by atoms with E-state index in [2.05, 4.69) is 13.8 Å². The number of aldehydes is 1. The van der Waals surface area contributed by atoms with Crippen LogP contribution in [0.5, 0.6) is 0 Å². The van der Waals surface area contributed by atoms with Crippen molar-refractivity contribution >= 4 is 12.3 Å². The van der Waals surface area contributed by atoms with Gasteiger partial charge in [0.05, 0.1) is 17.8 Å². The van der Waals surface area contributed by atoms with Crippen LogP contribution < -0.4 is 5.69 Å². The van der Waals surface area contributed by atoms with Crippen LogP contribution in [-0.2, 0) is 19.5 Å². The third kappa shape index (κ3) is 5.69. The highest BCUT2D eigenvalue weighted by Gasteiger charge is 2.23. The molecule has 190 valence electrons. The third-order valence-electron chi connectivity index (χ3n) is 7.37. The largest absolute Gasteiger partial charge is 0.478 e.